The Morgan fingerprint density at radius 1 is 1.21 bits per heavy atom. The Hall–Kier alpha value is -3.44. The number of fused-ring (bicyclic) bond motifs is 1. The molecular weight excluding hydrogens is 448 g/mol. The first kappa shape index (κ1) is 22.7. The van der Waals surface area contributed by atoms with Crippen LogP contribution in [0.25, 0.3) is 10.2 Å². The van der Waals surface area contributed by atoms with E-state index >= 15 is 0 Å². The number of thiophene rings is 1. The molecule has 2 aromatic heterocycles. The molecule has 1 aromatic carbocycles. The molecule has 1 N–H and O–H groups in total. The average molecular weight is 473 g/mol. The number of nitrogens with one attached hydrogen (secondary N) is 1. The van der Waals surface area contributed by atoms with Crippen LogP contribution in [0.3, 0.4) is 0 Å². The molecule has 1 aliphatic heterocycles. The van der Waals surface area contributed by atoms with Gasteiger partial charge in [-0.2, -0.15) is 0 Å². The molecule has 1 fully saturated rings. The third kappa shape index (κ3) is 4.55. The van der Waals surface area contributed by atoms with Crippen molar-refractivity contribution in [2.45, 2.75) is 13.5 Å². The van der Waals surface area contributed by atoms with Crippen LogP contribution in [0.4, 0.5) is 5.69 Å². The van der Waals surface area contributed by atoms with Crippen molar-refractivity contribution in [3.8, 4) is 11.5 Å². The molecule has 3 aromatic rings. The summed E-state index contributed by atoms with van der Waals surface area (Å²) in [4.78, 5) is 45.5. The minimum Gasteiger partial charge on any atom is -0.497 e. The van der Waals surface area contributed by atoms with E-state index in [1.807, 2.05) is 0 Å². The normalized spacial score (nSPS) is 13.7. The molecule has 3 heterocycles. The van der Waals surface area contributed by atoms with Gasteiger partial charge in [0.25, 0.3) is 11.5 Å². The third-order valence-electron chi connectivity index (χ3n) is 5.45. The van der Waals surface area contributed by atoms with Gasteiger partial charge in [0.1, 0.15) is 22.9 Å². The number of aromatic nitrogens is 2. The Morgan fingerprint density at radius 2 is 1.97 bits per heavy atom. The molecule has 1 aliphatic rings. The zero-order valence-electron chi connectivity index (χ0n) is 18.5. The van der Waals surface area contributed by atoms with Crippen LogP contribution in [-0.2, 0) is 16.1 Å². The number of methoxy groups -OCH3 is 2. The third-order valence-corrected chi connectivity index (χ3v) is 6.65. The lowest BCUT2D eigenvalue weighted by Gasteiger charge is -2.26. The van der Waals surface area contributed by atoms with Crippen molar-refractivity contribution >= 4 is 39.1 Å². The molecule has 0 spiro atoms. The van der Waals surface area contributed by atoms with E-state index in [0.29, 0.717) is 64.1 Å². The van der Waals surface area contributed by atoms with E-state index in [9.17, 15) is 14.4 Å². The van der Waals surface area contributed by atoms with Crippen molar-refractivity contribution in [3.63, 3.8) is 0 Å². The molecule has 4 rings (SSSR count). The van der Waals surface area contributed by atoms with Crippen LogP contribution in [0.5, 0.6) is 11.5 Å². The van der Waals surface area contributed by atoms with Gasteiger partial charge in [0, 0.05) is 19.2 Å². The lowest BCUT2D eigenvalue weighted by Crippen LogP contribution is -2.43. The summed E-state index contributed by atoms with van der Waals surface area (Å²) in [6.45, 7) is 3.57. The highest BCUT2D eigenvalue weighted by atomic mass is 32.1. The quantitative estimate of drug-likeness (QED) is 0.583. The standard InChI is InChI=1S/C22H24N4O6S/c1-13-18-21(23-12-26(22(18)29)11-17(27)25-6-8-32-9-7-25)33-19(13)20(28)24-15-5-4-14(30-2)10-16(15)31-3/h4-5,10,12H,6-9,11H2,1-3H3,(H,24,28). The van der Waals surface area contributed by atoms with E-state index in [0.717, 1.165) is 11.3 Å². The van der Waals surface area contributed by atoms with Gasteiger partial charge < -0.3 is 24.4 Å². The zero-order valence-corrected chi connectivity index (χ0v) is 19.4. The number of carbonyl (C=O) groups is 2. The van der Waals surface area contributed by atoms with Crippen molar-refractivity contribution in [1.82, 2.24) is 14.5 Å². The monoisotopic (exact) mass is 472 g/mol. The van der Waals surface area contributed by atoms with Crippen LogP contribution in [0.1, 0.15) is 15.2 Å². The summed E-state index contributed by atoms with van der Waals surface area (Å²) in [6.07, 6.45) is 1.35. The van der Waals surface area contributed by atoms with Crippen LogP contribution in [0.2, 0.25) is 0 Å². The maximum absolute atomic E-state index is 13.1. The predicted molar refractivity (Wildman–Crippen MR) is 124 cm³/mol. The zero-order chi connectivity index (χ0) is 23.5. The molecule has 1 saturated heterocycles. The van der Waals surface area contributed by atoms with Gasteiger partial charge in [-0.15, -0.1) is 11.3 Å². The predicted octanol–water partition coefficient (Wildman–Crippen LogP) is 1.89. The molecule has 0 unspecified atom stereocenters. The summed E-state index contributed by atoms with van der Waals surface area (Å²) in [5, 5.41) is 3.16. The average Bonchev–Trinajstić information content (AvgIpc) is 3.18. The first-order valence-corrected chi connectivity index (χ1v) is 11.1. The minimum atomic E-state index is -0.380. The molecule has 0 bridgehead atoms. The van der Waals surface area contributed by atoms with Crippen LogP contribution >= 0.6 is 11.3 Å². The molecule has 33 heavy (non-hydrogen) atoms. The largest absolute Gasteiger partial charge is 0.497 e. The van der Waals surface area contributed by atoms with E-state index < -0.39 is 0 Å². The summed E-state index contributed by atoms with van der Waals surface area (Å²) >= 11 is 1.13. The lowest BCUT2D eigenvalue weighted by molar-refractivity contribution is -0.135. The second-order valence-electron chi connectivity index (χ2n) is 7.43. The number of hydrogen-bond donors (Lipinski definition) is 1. The summed E-state index contributed by atoms with van der Waals surface area (Å²) in [6, 6.07) is 5.06. The van der Waals surface area contributed by atoms with Crippen molar-refractivity contribution < 1.29 is 23.8 Å². The molecule has 0 atom stereocenters. The van der Waals surface area contributed by atoms with E-state index in [-0.39, 0.29) is 23.9 Å². The van der Waals surface area contributed by atoms with Gasteiger partial charge >= 0.3 is 0 Å². The number of benzene rings is 1. The van der Waals surface area contributed by atoms with Crippen LogP contribution in [0.15, 0.2) is 29.3 Å². The van der Waals surface area contributed by atoms with E-state index in [1.54, 1.807) is 37.1 Å². The summed E-state index contributed by atoms with van der Waals surface area (Å²) in [7, 11) is 3.04. The van der Waals surface area contributed by atoms with Gasteiger partial charge in [-0.3, -0.25) is 19.0 Å². The van der Waals surface area contributed by atoms with E-state index in [1.165, 1.54) is 18.0 Å². The smallest absolute Gasteiger partial charge is 0.266 e. The number of rotatable bonds is 6. The number of amides is 2. The van der Waals surface area contributed by atoms with Gasteiger partial charge in [-0.25, -0.2) is 4.98 Å². The lowest BCUT2D eigenvalue weighted by atomic mass is 10.2. The van der Waals surface area contributed by atoms with Crippen LogP contribution in [0, 0.1) is 6.92 Å². The number of anilines is 1. The highest BCUT2D eigenvalue weighted by molar-refractivity contribution is 7.20. The minimum absolute atomic E-state index is 0.109. The number of ether oxygens (including phenoxy) is 3. The molecule has 11 heteroatoms. The number of aryl methyl sites for hydroxylation is 1. The van der Waals surface area contributed by atoms with Gasteiger partial charge in [0.15, 0.2) is 0 Å². The number of carbonyl (C=O) groups excluding carboxylic acids is 2. The maximum Gasteiger partial charge on any atom is 0.266 e. The van der Waals surface area contributed by atoms with Crippen LogP contribution < -0.4 is 20.3 Å². The SMILES string of the molecule is COc1ccc(NC(=O)c2sc3ncn(CC(=O)N4CCOCC4)c(=O)c3c2C)c(OC)c1. The summed E-state index contributed by atoms with van der Waals surface area (Å²) < 4.78 is 17.1. The molecule has 2 amide bonds. The number of morpholine rings is 1. The molecule has 0 aliphatic carbocycles. The molecule has 10 nitrogen and oxygen atoms in total. The first-order valence-electron chi connectivity index (χ1n) is 10.3. The van der Waals surface area contributed by atoms with E-state index in [2.05, 4.69) is 10.3 Å². The van der Waals surface area contributed by atoms with Gasteiger partial charge in [0.05, 0.1) is 49.7 Å². The van der Waals surface area contributed by atoms with Gasteiger partial charge in [-0.05, 0) is 24.6 Å². The Kier molecular flexibility index (Phi) is 6.61. The number of nitrogens with zero attached hydrogens (tertiary/aromatic N) is 3. The number of hydrogen-bond acceptors (Lipinski definition) is 8. The Bertz CT molecular complexity index is 1260. The van der Waals surface area contributed by atoms with Crippen molar-refractivity contribution in [2.75, 3.05) is 45.8 Å². The first-order chi connectivity index (χ1) is 15.9. The van der Waals surface area contributed by atoms with Crippen molar-refractivity contribution in [2.24, 2.45) is 0 Å². The van der Waals surface area contributed by atoms with Gasteiger partial charge in [-0.1, -0.05) is 0 Å². The van der Waals surface area contributed by atoms with Crippen LogP contribution in [-0.4, -0.2) is 66.8 Å². The highest BCUT2D eigenvalue weighted by Gasteiger charge is 2.22. The fraction of sp³-hybridized carbons (Fsp3) is 0.364. The molecule has 0 radical (unpaired) electrons. The molecular formula is C22H24N4O6S. The summed E-state index contributed by atoms with van der Waals surface area (Å²) in [5.74, 6) is 0.496. The Labute approximate surface area is 193 Å². The highest BCUT2D eigenvalue weighted by Crippen LogP contribution is 2.32. The fourth-order valence-electron chi connectivity index (χ4n) is 3.63. The second kappa shape index (κ2) is 9.59. The maximum atomic E-state index is 13.1. The fourth-order valence-corrected chi connectivity index (χ4v) is 4.66. The topological polar surface area (TPSA) is 112 Å². The van der Waals surface area contributed by atoms with Gasteiger partial charge in [0.2, 0.25) is 5.91 Å². The van der Waals surface area contributed by atoms with E-state index in [4.69, 9.17) is 14.2 Å². The molecule has 174 valence electrons. The van der Waals surface area contributed by atoms with Crippen molar-refractivity contribution in [3.05, 3.63) is 45.3 Å². The summed E-state index contributed by atoms with van der Waals surface area (Å²) in [5.41, 5.74) is 0.642. The molecule has 0 saturated carbocycles. The van der Waals surface area contributed by atoms with Crippen molar-refractivity contribution in [1.29, 1.82) is 0 Å². The Balaban J connectivity index is 1.60. The second-order valence-corrected chi connectivity index (χ2v) is 8.43. The Morgan fingerprint density at radius 3 is 2.67 bits per heavy atom.